The van der Waals surface area contributed by atoms with Gasteiger partial charge in [0.1, 0.15) is 0 Å². The number of aromatic amines is 1. The number of nitrogens with zero attached hydrogens (tertiary/aromatic N) is 2. The zero-order valence-corrected chi connectivity index (χ0v) is 12.8. The van der Waals surface area contributed by atoms with Gasteiger partial charge in [0.25, 0.3) is 0 Å². The number of hydrogen-bond acceptors (Lipinski definition) is 3. The lowest BCUT2D eigenvalue weighted by atomic mass is 9.88. The van der Waals surface area contributed by atoms with E-state index in [1.54, 1.807) is 0 Å². The molecule has 0 bridgehead atoms. The molecule has 5 heteroatoms. The van der Waals surface area contributed by atoms with Gasteiger partial charge < -0.3 is 4.74 Å². The molecule has 0 radical (unpaired) electrons. The average molecular weight is 306 g/mol. The Morgan fingerprint density at radius 2 is 2.10 bits per heavy atom. The molecular weight excluding hydrogens is 286 g/mol. The van der Waals surface area contributed by atoms with Gasteiger partial charge in [0.15, 0.2) is 0 Å². The van der Waals surface area contributed by atoms with Crippen LogP contribution in [-0.2, 0) is 4.74 Å². The highest BCUT2D eigenvalue weighted by atomic mass is 35.5. The number of likely N-dealkylation sites (tertiary alicyclic amines) is 1. The third-order valence-electron chi connectivity index (χ3n) is 4.95. The number of ether oxygens (including phenoxy) is 1. The zero-order valence-electron chi connectivity index (χ0n) is 12.0. The fourth-order valence-electron chi connectivity index (χ4n) is 3.68. The monoisotopic (exact) mass is 305 g/mol. The molecule has 2 saturated heterocycles. The Morgan fingerprint density at radius 1 is 1.24 bits per heavy atom. The fraction of sp³-hybridized carbons (Fsp3) is 0.562. The van der Waals surface area contributed by atoms with E-state index in [1.165, 1.54) is 24.8 Å². The van der Waals surface area contributed by atoms with Crippen LogP contribution in [0.25, 0.3) is 10.9 Å². The van der Waals surface area contributed by atoms with Crippen molar-refractivity contribution < 1.29 is 4.74 Å². The maximum atomic E-state index is 6.48. The molecule has 4 rings (SSSR count). The summed E-state index contributed by atoms with van der Waals surface area (Å²) in [4.78, 5) is 2.59. The topological polar surface area (TPSA) is 41.2 Å². The molecule has 4 nitrogen and oxygen atoms in total. The van der Waals surface area contributed by atoms with Crippen molar-refractivity contribution in [3.63, 3.8) is 0 Å². The van der Waals surface area contributed by atoms with Gasteiger partial charge in [-0.3, -0.25) is 10.00 Å². The smallest absolute Gasteiger partial charge is 0.0654 e. The molecule has 2 aliphatic rings. The largest absolute Gasteiger partial charge is 0.380 e. The van der Waals surface area contributed by atoms with Crippen LogP contribution in [0.2, 0.25) is 5.02 Å². The first-order valence-corrected chi connectivity index (χ1v) is 8.13. The minimum absolute atomic E-state index is 0.559. The van der Waals surface area contributed by atoms with Crippen LogP contribution in [0.4, 0.5) is 0 Å². The van der Waals surface area contributed by atoms with Crippen LogP contribution in [0.15, 0.2) is 18.3 Å². The van der Waals surface area contributed by atoms with E-state index in [-0.39, 0.29) is 0 Å². The van der Waals surface area contributed by atoms with Crippen LogP contribution < -0.4 is 0 Å². The summed E-state index contributed by atoms with van der Waals surface area (Å²) in [5, 5.41) is 9.10. The van der Waals surface area contributed by atoms with Crippen LogP contribution in [-0.4, -0.2) is 47.4 Å². The van der Waals surface area contributed by atoms with Gasteiger partial charge in [-0.2, -0.15) is 5.10 Å². The van der Waals surface area contributed by atoms with Crippen LogP contribution >= 0.6 is 11.6 Å². The molecule has 1 aromatic carbocycles. The molecule has 1 aromatic heterocycles. The molecule has 2 aromatic rings. The van der Waals surface area contributed by atoms with Crippen LogP contribution in [0.3, 0.4) is 0 Å². The van der Waals surface area contributed by atoms with Gasteiger partial charge in [-0.15, -0.1) is 0 Å². The summed E-state index contributed by atoms with van der Waals surface area (Å²) in [6.45, 7) is 4.13. The summed E-state index contributed by atoms with van der Waals surface area (Å²) in [5.74, 6) is 0.559. The first-order chi connectivity index (χ1) is 10.3. The number of H-pyrrole nitrogens is 1. The van der Waals surface area contributed by atoms with Gasteiger partial charge in [-0.05, 0) is 56.0 Å². The van der Waals surface area contributed by atoms with Crippen LogP contribution in [0, 0.1) is 0 Å². The first-order valence-electron chi connectivity index (χ1n) is 7.75. The first kappa shape index (κ1) is 13.6. The molecule has 112 valence electrons. The molecule has 1 unspecified atom stereocenters. The van der Waals surface area contributed by atoms with Crippen molar-refractivity contribution in [3.05, 3.63) is 28.9 Å². The zero-order chi connectivity index (χ0) is 14.2. The van der Waals surface area contributed by atoms with Crippen molar-refractivity contribution in [1.82, 2.24) is 15.1 Å². The quantitative estimate of drug-likeness (QED) is 0.926. The molecule has 0 aliphatic carbocycles. The van der Waals surface area contributed by atoms with Crippen LogP contribution in [0.5, 0.6) is 0 Å². The lowest BCUT2D eigenvalue weighted by Gasteiger charge is -2.35. The molecular formula is C16H20ClN3O. The summed E-state index contributed by atoms with van der Waals surface area (Å²) in [5.41, 5.74) is 2.36. The average Bonchev–Trinajstić information content (AvgIpc) is 3.17. The van der Waals surface area contributed by atoms with Gasteiger partial charge in [-0.1, -0.05) is 11.6 Å². The molecule has 1 atom stereocenters. The van der Waals surface area contributed by atoms with E-state index in [2.05, 4.69) is 21.2 Å². The lowest BCUT2D eigenvalue weighted by Crippen LogP contribution is -2.41. The third-order valence-corrected chi connectivity index (χ3v) is 5.28. The van der Waals surface area contributed by atoms with E-state index in [0.29, 0.717) is 12.0 Å². The lowest BCUT2D eigenvalue weighted by molar-refractivity contribution is 0.122. The number of halogens is 1. The number of nitrogens with one attached hydrogen (secondary N) is 1. The van der Waals surface area contributed by atoms with Gasteiger partial charge in [-0.25, -0.2) is 0 Å². The number of fused-ring (bicyclic) bond motifs is 1. The SMILES string of the molecule is Clc1cc2cn[nH]c2cc1C1CCN(C2CCOC2)CC1. The second kappa shape index (κ2) is 5.59. The summed E-state index contributed by atoms with van der Waals surface area (Å²) in [6.07, 6.45) is 5.37. The Labute approximate surface area is 129 Å². The van der Waals surface area contributed by atoms with Crippen molar-refractivity contribution in [3.8, 4) is 0 Å². The van der Waals surface area contributed by atoms with E-state index >= 15 is 0 Å². The summed E-state index contributed by atoms with van der Waals surface area (Å²) in [7, 11) is 0. The van der Waals surface area contributed by atoms with E-state index in [9.17, 15) is 0 Å². The summed E-state index contributed by atoms with van der Waals surface area (Å²) in [6, 6.07) is 4.85. The normalized spacial score (nSPS) is 24.9. The van der Waals surface area contributed by atoms with E-state index < -0.39 is 0 Å². The third kappa shape index (κ3) is 2.56. The minimum Gasteiger partial charge on any atom is -0.380 e. The molecule has 3 heterocycles. The van der Waals surface area contributed by atoms with Gasteiger partial charge in [0.2, 0.25) is 0 Å². The molecule has 2 aliphatic heterocycles. The molecule has 21 heavy (non-hydrogen) atoms. The maximum Gasteiger partial charge on any atom is 0.0654 e. The fourth-order valence-corrected chi connectivity index (χ4v) is 4.01. The predicted octanol–water partition coefficient (Wildman–Crippen LogP) is 3.18. The highest BCUT2D eigenvalue weighted by molar-refractivity contribution is 6.32. The van der Waals surface area contributed by atoms with Crippen molar-refractivity contribution in [2.75, 3.05) is 26.3 Å². The van der Waals surface area contributed by atoms with Crippen LogP contribution in [0.1, 0.15) is 30.7 Å². The van der Waals surface area contributed by atoms with E-state index in [1.807, 2.05) is 12.3 Å². The minimum atomic E-state index is 0.559. The van der Waals surface area contributed by atoms with E-state index in [0.717, 1.165) is 42.2 Å². The number of hydrogen-bond donors (Lipinski definition) is 1. The molecule has 0 saturated carbocycles. The van der Waals surface area contributed by atoms with Gasteiger partial charge >= 0.3 is 0 Å². The number of rotatable bonds is 2. The van der Waals surface area contributed by atoms with E-state index in [4.69, 9.17) is 16.3 Å². The second-order valence-corrected chi connectivity index (χ2v) is 6.57. The molecule has 0 amide bonds. The Morgan fingerprint density at radius 3 is 2.86 bits per heavy atom. The highest BCUT2D eigenvalue weighted by Gasteiger charge is 2.29. The number of piperidine rings is 1. The predicted molar refractivity (Wildman–Crippen MR) is 83.9 cm³/mol. The highest BCUT2D eigenvalue weighted by Crippen LogP contribution is 2.35. The Bertz CT molecular complexity index is 627. The summed E-state index contributed by atoms with van der Waals surface area (Å²) < 4.78 is 5.51. The number of aromatic nitrogens is 2. The van der Waals surface area contributed by atoms with Gasteiger partial charge in [0.05, 0.1) is 18.3 Å². The Hall–Kier alpha value is -1.10. The van der Waals surface area contributed by atoms with Crippen molar-refractivity contribution in [1.29, 1.82) is 0 Å². The summed E-state index contributed by atoms with van der Waals surface area (Å²) >= 11 is 6.48. The molecule has 1 N–H and O–H groups in total. The van der Waals surface area contributed by atoms with Crippen molar-refractivity contribution in [2.45, 2.75) is 31.2 Å². The van der Waals surface area contributed by atoms with Crippen molar-refractivity contribution in [2.24, 2.45) is 0 Å². The molecule has 2 fully saturated rings. The number of benzene rings is 1. The maximum absolute atomic E-state index is 6.48. The van der Waals surface area contributed by atoms with Gasteiger partial charge in [0, 0.05) is 23.1 Å². The standard InChI is InChI=1S/C16H20ClN3O/c17-15-7-12-9-18-19-16(12)8-14(15)11-1-4-20(5-2-11)13-3-6-21-10-13/h7-9,11,13H,1-6,10H2,(H,18,19). The van der Waals surface area contributed by atoms with Crippen molar-refractivity contribution >= 4 is 22.5 Å². The molecule has 0 spiro atoms. The Kier molecular flexibility index (Phi) is 3.61. The Balaban J connectivity index is 1.50. The second-order valence-electron chi connectivity index (χ2n) is 6.16.